The van der Waals surface area contributed by atoms with Crippen molar-refractivity contribution >= 4 is 17.3 Å². The lowest BCUT2D eigenvalue weighted by atomic mass is 10.1. The number of nitriles is 1. The second-order valence-electron chi connectivity index (χ2n) is 5.44. The van der Waals surface area contributed by atoms with Crippen LogP contribution in [0.2, 0.25) is 0 Å². The van der Waals surface area contributed by atoms with Gasteiger partial charge in [0.05, 0.1) is 0 Å². The van der Waals surface area contributed by atoms with Crippen LogP contribution in [0.1, 0.15) is 11.1 Å². The van der Waals surface area contributed by atoms with Crippen molar-refractivity contribution in [1.29, 1.82) is 5.26 Å². The van der Waals surface area contributed by atoms with Crippen molar-refractivity contribution in [1.82, 2.24) is 5.32 Å². The van der Waals surface area contributed by atoms with Crippen molar-refractivity contribution in [3.05, 3.63) is 71.4 Å². The summed E-state index contributed by atoms with van der Waals surface area (Å²) in [5.41, 5.74) is 9.24. The normalized spacial score (nSPS) is 10.8. The Bertz CT molecular complexity index is 755. The van der Waals surface area contributed by atoms with Crippen molar-refractivity contribution in [2.24, 2.45) is 0 Å². The van der Waals surface area contributed by atoms with E-state index in [4.69, 9.17) is 11.0 Å². The van der Waals surface area contributed by atoms with Crippen molar-refractivity contribution < 1.29 is 4.79 Å². The number of nitrogens with zero attached hydrogens (tertiary/aromatic N) is 1. The molecule has 0 aromatic heterocycles. The van der Waals surface area contributed by atoms with E-state index in [0.29, 0.717) is 17.9 Å². The molecule has 0 fully saturated rings. The second kappa shape index (κ2) is 8.39. The highest BCUT2D eigenvalue weighted by Gasteiger charge is 2.08. The first-order valence-electron chi connectivity index (χ1n) is 7.64. The third-order valence-electron chi connectivity index (χ3n) is 3.46. The summed E-state index contributed by atoms with van der Waals surface area (Å²) in [4.78, 5) is 12.1. The van der Waals surface area contributed by atoms with Crippen LogP contribution in [-0.2, 0) is 11.2 Å². The van der Waals surface area contributed by atoms with Gasteiger partial charge >= 0.3 is 0 Å². The monoisotopic (exact) mass is 320 g/mol. The molecule has 1 amide bonds. The summed E-state index contributed by atoms with van der Waals surface area (Å²) in [6, 6.07) is 16.9. The largest absolute Gasteiger partial charge is 0.399 e. The molecule has 2 aromatic rings. The molecule has 0 unspecified atom stereocenters. The summed E-state index contributed by atoms with van der Waals surface area (Å²) < 4.78 is 0. The lowest BCUT2D eigenvalue weighted by Gasteiger charge is -2.06. The molecule has 0 heterocycles. The van der Waals surface area contributed by atoms with E-state index < -0.39 is 5.91 Å². The molecule has 0 aliphatic rings. The van der Waals surface area contributed by atoms with E-state index in [2.05, 4.69) is 34.9 Å². The van der Waals surface area contributed by atoms with Crippen molar-refractivity contribution in [2.75, 3.05) is 17.6 Å². The Morgan fingerprint density at radius 2 is 1.83 bits per heavy atom. The number of rotatable bonds is 6. The molecule has 0 atom stereocenters. The predicted octanol–water partition coefficient (Wildman–Crippen LogP) is 2.76. The molecule has 0 radical (unpaired) electrons. The van der Waals surface area contributed by atoms with E-state index in [0.717, 1.165) is 6.42 Å². The van der Waals surface area contributed by atoms with Crippen LogP contribution in [0.25, 0.3) is 0 Å². The summed E-state index contributed by atoms with van der Waals surface area (Å²) in [6.45, 7) is 2.69. The van der Waals surface area contributed by atoms with Crippen LogP contribution in [0.4, 0.5) is 11.4 Å². The van der Waals surface area contributed by atoms with Gasteiger partial charge in [-0.1, -0.05) is 29.8 Å². The van der Waals surface area contributed by atoms with E-state index in [9.17, 15) is 4.79 Å². The number of carbonyl (C=O) groups excluding carboxylic acids is 1. The molecule has 122 valence electrons. The fraction of sp³-hybridized carbons (Fsp3) is 0.158. The van der Waals surface area contributed by atoms with Gasteiger partial charge in [0, 0.05) is 24.1 Å². The first-order chi connectivity index (χ1) is 11.6. The molecule has 0 saturated carbocycles. The number of carbonyl (C=O) groups is 1. The summed E-state index contributed by atoms with van der Waals surface area (Å²) in [7, 11) is 0. The SMILES string of the molecule is Cc1ccc(CCN/C=C(/C#N)C(=O)Nc2ccc(N)cc2)cc1. The van der Waals surface area contributed by atoms with Gasteiger partial charge in [-0.15, -0.1) is 0 Å². The van der Waals surface area contributed by atoms with Gasteiger partial charge in [-0.2, -0.15) is 5.26 Å². The maximum atomic E-state index is 12.1. The molecular formula is C19H20N4O. The molecule has 0 bridgehead atoms. The van der Waals surface area contributed by atoms with Gasteiger partial charge in [0.25, 0.3) is 5.91 Å². The maximum absolute atomic E-state index is 12.1. The predicted molar refractivity (Wildman–Crippen MR) is 96.1 cm³/mol. The lowest BCUT2D eigenvalue weighted by molar-refractivity contribution is -0.112. The van der Waals surface area contributed by atoms with Crippen molar-refractivity contribution in [2.45, 2.75) is 13.3 Å². The molecule has 0 saturated heterocycles. The number of hydrogen-bond donors (Lipinski definition) is 3. The highest BCUT2D eigenvalue weighted by molar-refractivity contribution is 6.06. The summed E-state index contributed by atoms with van der Waals surface area (Å²) in [5.74, 6) is -0.454. The van der Waals surface area contributed by atoms with Crippen LogP contribution in [0.3, 0.4) is 0 Å². The summed E-state index contributed by atoms with van der Waals surface area (Å²) in [6.07, 6.45) is 2.26. The Morgan fingerprint density at radius 3 is 2.46 bits per heavy atom. The van der Waals surface area contributed by atoms with Crippen LogP contribution in [0.5, 0.6) is 0 Å². The molecule has 5 nitrogen and oxygen atoms in total. The van der Waals surface area contributed by atoms with Gasteiger partial charge in [0.2, 0.25) is 0 Å². The fourth-order valence-corrected chi connectivity index (χ4v) is 2.06. The first kappa shape index (κ1) is 17.1. The Labute approximate surface area is 141 Å². The zero-order valence-corrected chi connectivity index (χ0v) is 13.5. The van der Waals surface area contributed by atoms with Crippen LogP contribution >= 0.6 is 0 Å². The number of aryl methyl sites for hydroxylation is 1. The highest BCUT2D eigenvalue weighted by Crippen LogP contribution is 2.11. The minimum absolute atomic E-state index is 0.0238. The molecule has 0 aliphatic carbocycles. The molecule has 0 spiro atoms. The topological polar surface area (TPSA) is 90.9 Å². The zero-order valence-electron chi connectivity index (χ0n) is 13.5. The highest BCUT2D eigenvalue weighted by atomic mass is 16.1. The number of benzene rings is 2. The van der Waals surface area contributed by atoms with E-state index >= 15 is 0 Å². The summed E-state index contributed by atoms with van der Waals surface area (Å²) >= 11 is 0. The molecule has 4 N–H and O–H groups in total. The Balaban J connectivity index is 1.86. The van der Waals surface area contributed by atoms with E-state index in [1.165, 1.54) is 17.3 Å². The number of amides is 1. The minimum Gasteiger partial charge on any atom is -0.399 e. The molecular weight excluding hydrogens is 300 g/mol. The molecule has 2 rings (SSSR count). The number of nitrogens with one attached hydrogen (secondary N) is 2. The number of hydrogen-bond acceptors (Lipinski definition) is 4. The second-order valence-corrected chi connectivity index (χ2v) is 5.44. The fourth-order valence-electron chi connectivity index (χ4n) is 2.06. The third-order valence-corrected chi connectivity index (χ3v) is 3.46. The van der Waals surface area contributed by atoms with Crippen LogP contribution in [-0.4, -0.2) is 12.5 Å². The maximum Gasteiger partial charge on any atom is 0.267 e. The van der Waals surface area contributed by atoms with Crippen LogP contribution in [0.15, 0.2) is 60.3 Å². The van der Waals surface area contributed by atoms with Gasteiger partial charge in [-0.3, -0.25) is 4.79 Å². The van der Waals surface area contributed by atoms with Crippen molar-refractivity contribution in [3.8, 4) is 6.07 Å². The Morgan fingerprint density at radius 1 is 1.17 bits per heavy atom. The number of nitrogen functional groups attached to an aromatic ring is 1. The molecule has 2 aromatic carbocycles. The van der Waals surface area contributed by atoms with Crippen molar-refractivity contribution in [3.63, 3.8) is 0 Å². The van der Waals surface area contributed by atoms with Gasteiger partial charge in [-0.25, -0.2) is 0 Å². The standard InChI is InChI=1S/C19H20N4O/c1-14-2-4-15(5-3-14)10-11-22-13-16(12-20)19(24)23-18-8-6-17(21)7-9-18/h2-9,13,22H,10-11,21H2,1H3,(H,23,24)/b16-13-. The van der Waals surface area contributed by atoms with Gasteiger partial charge in [-0.05, 0) is 43.2 Å². The van der Waals surface area contributed by atoms with Gasteiger partial charge in [0.1, 0.15) is 11.6 Å². The average molecular weight is 320 g/mol. The first-order valence-corrected chi connectivity index (χ1v) is 7.64. The van der Waals surface area contributed by atoms with Crippen LogP contribution in [0, 0.1) is 18.3 Å². The van der Waals surface area contributed by atoms with E-state index in [1.54, 1.807) is 24.3 Å². The Kier molecular flexibility index (Phi) is 5.98. The lowest BCUT2D eigenvalue weighted by Crippen LogP contribution is -2.18. The van der Waals surface area contributed by atoms with E-state index in [-0.39, 0.29) is 5.57 Å². The molecule has 24 heavy (non-hydrogen) atoms. The number of anilines is 2. The Hall–Kier alpha value is -3.26. The quantitative estimate of drug-likeness (QED) is 0.330. The third kappa shape index (κ3) is 5.18. The van der Waals surface area contributed by atoms with E-state index in [1.807, 2.05) is 13.0 Å². The minimum atomic E-state index is -0.454. The average Bonchev–Trinajstić information content (AvgIpc) is 2.58. The smallest absolute Gasteiger partial charge is 0.267 e. The number of nitrogens with two attached hydrogens (primary N) is 1. The van der Waals surface area contributed by atoms with Gasteiger partial charge in [0.15, 0.2) is 0 Å². The van der Waals surface area contributed by atoms with Gasteiger partial charge < -0.3 is 16.4 Å². The zero-order chi connectivity index (χ0) is 17.4. The van der Waals surface area contributed by atoms with Crippen LogP contribution < -0.4 is 16.4 Å². The molecule has 5 heteroatoms. The summed E-state index contributed by atoms with van der Waals surface area (Å²) in [5, 5.41) is 14.8. The molecule has 0 aliphatic heterocycles.